The molecule has 1 atom stereocenters. The molecule has 1 unspecified atom stereocenters. The predicted octanol–water partition coefficient (Wildman–Crippen LogP) is 10.9. The Morgan fingerprint density at radius 3 is 1.21 bits per heavy atom. The Labute approximate surface area is 244 Å². The van der Waals surface area contributed by atoms with Crippen LogP contribution in [-0.2, 0) is 14.3 Å². The first-order valence-electron chi connectivity index (χ1n) is 17.6. The summed E-state index contributed by atoms with van der Waals surface area (Å²) in [6.07, 6.45) is 35.6. The van der Waals surface area contributed by atoms with Gasteiger partial charge in [0.25, 0.3) is 0 Å². The fourth-order valence-electron chi connectivity index (χ4n) is 5.27. The Morgan fingerprint density at radius 2 is 0.846 bits per heavy atom. The molecule has 0 spiro atoms. The van der Waals surface area contributed by atoms with Crippen LogP contribution in [0.4, 0.5) is 0 Å². The zero-order valence-electron chi connectivity index (χ0n) is 26.7. The Balaban J connectivity index is 3.38. The van der Waals surface area contributed by atoms with Gasteiger partial charge in [0.05, 0.1) is 13.2 Å². The van der Waals surface area contributed by atoms with Crippen molar-refractivity contribution in [2.45, 2.75) is 200 Å². The Bertz CT molecular complexity index is 468. The van der Waals surface area contributed by atoms with Gasteiger partial charge in [-0.2, -0.15) is 0 Å². The summed E-state index contributed by atoms with van der Waals surface area (Å²) in [5.74, 6) is -0.197. The molecule has 0 heterocycles. The fourth-order valence-corrected chi connectivity index (χ4v) is 5.27. The molecule has 0 saturated carbocycles. The highest BCUT2D eigenvalue weighted by Gasteiger charge is 2.13. The number of hydrogen-bond acceptors (Lipinski definition) is 4. The molecule has 0 bridgehead atoms. The van der Waals surface area contributed by atoms with Gasteiger partial charge in [-0.25, -0.2) is 0 Å². The zero-order valence-corrected chi connectivity index (χ0v) is 26.7. The van der Waals surface area contributed by atoms with Crippen molar-refractivity contribution in [3.8, 4) is 0 Å². The highest BCUT2D eigenvalue weighted by atomic mass is 16.6. The number of hydrogen-bond donors (Lipinski definition) is 1. The molecular weight excluding hydrogens is 484 g/mol. The van der Waals surface area contributed by atoms with Gasteiger partial charge in [-0.3, -0.25) is 4.79 Å². The summed E-state index contributed by atoms with van der Waals surface area (Å²) in [6.45, 7) is 5.37. The van der Waals surface area contributed by atoms with Crippen molar-refractivity contribution < 1.29 is 19.4 Å². The summed E-state index contributed by atoms with van der Waals surface area (Å²) in [6, 6.07) is 0. The second-order valence-corrected chi connectivity index (χ2v) is 12.0. The minimum atomic E-state index is -0.522. The standard InChI is InChI=1S/C35H70O4/c1-3-5-7-9-11-13-15-16-17-18-19-20-21-22-24-26-28-30-35(37)39-34(32-36)33-38-31-29-27-25-23-14-12-10-8-6-4-2/h34,36H,3-33H2,1-2H3. The monoisotopic (exact) mass is 555 g/mol. The van der Waals surface area contributed by atoms with Crippen molar-refractivity contribution in [3.63, 3.8) is 0 Å². The van der Waals surface area contributed by atoms with E-state index < -0.39 is 6.10 Å². The third kappa shape index (κ3) is 31.8. The molecule has 0 aromatic rings. The van der Waals surface area contributed by atoms with Crippen molar-refractivity contribution >= 4 is 5.97 Å². The molecule has 0 saturated heterocycles. The van der Waals surface area contributed by atoms with E-state index in [9.17, 15) is 9.90 Å². The lowest BCUT2D eigenvalue weighted by Gasteiger charge is -2.16. The number of carbonyl (C=O) groups excluding carboxylic acids is 1. The first-order valence-corrected chi connectivity index (χ1v) is 17.6. The number of aliphatic hydroxyl groups is 1. The normalized spacial score (nSPS) is 12.2. The molecule has 0 radical (unpaired) electrons. The third-order valence-electron chi connectivity index (χ3n) is 7.93. The maximum Gasteiger partial charge on any atom is 0.306 e. The minimum Gasteiger partial charge on any atom is -0.457 e. The van der Waals surface area contributed by atoms with Crippen LogP contribution in [0.25, 0.3) is 0 Å². The molecule has 0 aliphatic heterocycles. The molecular formula is C35H70O4. The smallest absolute Gasteiger partial charge is 0.306 e. The highest BCUT2D eigenvalue weighted by Crippen LogP contribution is 2.15. The molecule has 1 N–H and O–H groups in total. The zero-order chi connectivity index (χ0) is 28.5. The van der Waals surface area contributed by atoms with E-state index in [2.05, 4.69) is 13.8 Å². The third-order valence-corrected chi connectivity index (χ3v) is 7.93. The summed E-state index contributed by atoms with van der Waals surface area (Å²) >= 11 is 0. The second kappa shape index (κ2) is 33.6. The van der Waals surface area contributed by atoms with Gasteiger partial charge in [-0.05, 0) is 12.8 Å². The lowest BCUT2D eigenvalue weighted by molar-refractivity contribution is -0.154. The number of carbonyl (C=O) groups is 1. The summed E-state index contributed by atoms with van der Waals surface area (Å²) in [7, 11) is 0. The van der Waals surface area contributed by atoms with Crippen molar-refractivity contribution in [2.75, 3.05) is 19.8 Å². The van der Waals surface area contributed by atoms with Gasteiger partial charge in [0, 0.05) is 13.0 Å². The number of aliphatic hydroxyl groups excluding tert-OH is 1. The molecule has 0 rings (SSSR count). The lowest BCUT2D eigenvalue weighted by Crippen LogP contribution is -2.27. The van der Waals surface area contributed by atoms with E-state index in [1.165, 1.54) is 154 Å². The molecule has 0 amide bonds. The Hall–Kier alpha value is -0.610. The van der Waals surface area contributed by atoms with Crippen LogP contribution in [-0.4, -0.2) is 37.0 Å². The van der Waals surface area contributed by atoms with Crippen LogP contribution in [0.2, 0.25) is 0 Å². The van der Waals surface area contributed by atoms with E-state index in [1.807, 2.05) is 0 Å². The van der Waals surface area contributed by atoms with E-state index >= 15 is 0 Å². The molecule has 0 aromatic carbocycles. The first kappa shape index (κ1) is 38.4. The van der Waals surface area contributed by atoms with E-state index in [0.717, 1.165) is 19.3 Å². The average Bonchev–Trinajstić information content (AvgIpc) is 2.94. The van der Waals surface area contributed by atoms with Crippen molar-refractivity contribution in [2.24, 2.45) is 0 Å². The molecule has 39 heavy (non-hydrogen) atoms. The molecule has 0 fully saturated rings. The number of rotatable bonds is 33. The predicted molar refractivity (Wildman–Crippen MR) is 168 cm³/mol. The number of unbranched alkanes of at least 4 members (excludes halogenated alkanes) is 25. The van der Waals surface area contributed by atoms with Crippen LogP contribution in [0.15, 0.2) is 0 Å². The van der Waals surface area contributed by atoms with Crippen LogP contribution in [0.5, 0.6) is 0 Å². The van der Waals surface area contributed by atoms with Crippen LogP contribution in [0, 0.1) is 0 Å². The SMILES string of the molecule is CCCCCCCCCCCCCCCCCCCC(=O)OC(CO)COCCCCCCCCCCCC. The average molecular weight is 555 g/mol. The van der Waals surface area contributed by atoms with Crippen molar-refractivity contribution in [1.82, 2.24) is 0 Å². The fraction of sp³-hybridized carbons (Fsp3) is 0.971. The summed E-state index contributed by atoms with van der Waals surface area (Å²) in [5.41, 5.74) is 0. The highest BCUT2D eigenvalue weighted by molar-refractivity contribution is 5.69. The van der Waals surface area contributed by atoms with Gasteiger partial charge in [-0.1, -0.05) is 174 Å². The van der Waals surface area contributed by atoms with E-state index in [0.29, 0.717) is 19.6 Å². The Morgan fingerprint density at radius 1 is 0.513 bits per heavy atom. The molecule has 0 aliphatic carbocycles. The first-order chi connectivity index (χ1) is 19.2. The van der Waals surface area contributed by atoms with Crippen LogP contribution < -0.4 is 0 Å². The number of ether oxygens (including phenoxy) is 2. The molecule has 0 aliphatic rings. The molecule has 4 heteroatoms. The van der Waals surface area contributed by atoms with Gasteiger partial charge in [-0.15, -0.1) is 0 Å². The Kier molecular flexibility index (Phi) is 33.1. The topological polar surface area (TPSA) is 55.8 Å². The van der Waals surface area contributed by atoms with Gasteiger partial charge >= 0.3 is 5.97 Å². The lowest BCUT2D eigenvalue weighted by atomic mass is 10.0. The maximum atomic E-state index is 12.1. The van der Waals surface area contributed by atoms with Crippen molar-refractivity contribution in [3.05, 3.63) is 0 Å². The summed E-state index contributed by atoms with van der Waals surface area (Å²) in [5, 5.41) is 9.52. The molecule has 234 valence electrons. The van der Waals surface area contributed by atoms with E-state index in [-0.39, 0.29) is 12.6 Å². The van der Waals surface area contributed by atoms with Gasteiger partial charge in [0.1, 0.15) is 6.10 Å². The van der Waals surface area contributed by atoms with Crippen LogP contribution >= 0.6 is 0 Å². The van der Waals surface area contributed by atoms with Crippen LogP contribution in [0.3, 0.4) is 0 Å². The van der Waals surface area contributed by atoms with Crippen molar-refractivity contribution in [1.29, 1.82) is 0 Å². The largest absolute Gasteiger partial charge is 0.457 e. The van der Waals surface area contributed by atoms with E-state index in [4.69, 9.17) is 9.47 Å². The van der Waals surface area contributed by atoms with Gasteiger partial charge < -0.3 is 14.6 Å². The molecule has 0 aromatic heterocycles. The van der Waals surface area contributed by atoms with Gasteiger partial charge in [0.2, 0.25) is 0 Å². The second-order valence-electron chi connectivity index (χ2n) is 12.0. The van der Waals surface area contributed by atoms with Gasteiger partial charge in [0.15, 0.2) is 0 Å². The maximum absolute atomic E-state index is 12.1. The minimum absolute atomic E-state index is 0.164. The molecule has 4 nitrogen and oxygen atoms in total. The quantitative estimate of drug-likeness (QED) is 0.0647. The van der Waals surface area contributed by atoms with E-state index in [1.54, 1.807) is 0 Å². The summed E-state index contributed by atoms with van der Waals surface area (Å²) in [4.78, 5) is 12.1. The summed E-state index contributed by atoms with van der Waals surface area (Å²) < 4.78 is 11.1. The number of esters is 1. The van der Waals surface area contributed by atoms with Crippen LogP contribution in [0.1, 0.15) is 194 Å².